The maximum absolute atomic E-state index is 13.2. The van der Waals surface area contributed by atoms with E-state index < -0.39 is 6.04 Å². The van der Waals surface area contributed by atoms with Gasteiger partial charge < -0.3 is 15.0 Å². The summed E-state index contributed by atoms with van der Waals surface area (Å²) >= 11 is 7.00. The first kappa shape index (κ1) is 26.4. The highest BCUT2D eigenvalue weighted by atomic mass is 79.9. The van der Waals surface area contributed by atoms with Crippen LogP contribution >= 0.6 is 31.9 Å². The number of hydrogen-bond acceptors (Lipinski definition) is 3. The number of rotatable bonds is 11. The Hall–Kier alpha value is -1.86. The highest BCUT2D eigenvalue weighted by Crippen LogP contribution is 2.29. The topological polar surface area (TPSA) is 58.6 Å². The van der Waals surface area contributed by atoms with E-state index in [0.29, 0.717) is 24.8 Å². The van der Waals surface area contributed by atoms with E-state index in [-0.39, 0.29) is 18.4 Å². The van der Waals surface area contributed by atoms with Gasteiger partial charge in [-0.15, -0.1) is 0 Å². The fraction of sp³-hybridized carbons (Fsp3) is 0.440. The third-order valence-corrected chi connectivity index (χ3v) is 6.33. The summed E-state index contributed by atoms with van der Waals surface area (Å²) in [5.41, 5.74) is 2.12. The van der Waals surface area contributed by atoms with Gasteiger partial charge in [0.1, 0.15) is 11.8 Å². The molecule has 0 aromatic heterocycles. The smallest absolute Gasteiger partial charge is 0.261 e. The maximum Gasteiger partial charge on any atom is 0.261 e. The highest BCUT2D eigenvalue weighted by molar-refractivity contribution is 9.10. The van der Waals surface area contributed by atoms with Crippen LogP contribution in [0.4, 0.5) is 0 Å². The molecular formula is C25H32Br2N2O3. The Morgan fingerprint density at radius 1 is 1.09 bits per heavy atom. The number of nitrogens with zero attached hydrogens (tertiary/aromatic N) is 1. The first-order valence-electron chi connectivity index (χ1n) is 11.0. The van der Waals surface area contributed by atoms with Gasteiger partial charge in [-0.2, -0.15) is 0 Å². The van der Waals surface area contributed by atoms with E-state index in [4.69, 9.17) is 4.74 Å². The lowest BCUT2D eigenvalue weighted by atomic mass is 10.0. The van der Waals surface area contributed by atoms with Gasteiger partial charge in [-0.05, 0) is 70.6 Å². The molecule has 1 N–H and O–H groups in total. The standard InChI is InChI=1S/C25H32Br2N2O3/c1-5-6-12-28-25(31)18(4)29(15-19-8-7-9-21(26)13-19)24(30)16-32-23-11-10-20(17(2)3)14-22(23)27/h7-11,13-14,17-18H,5-6,12,15-16H2,1-4H3,(H,28,31)/t18-/m1/s1. The second kappa shape index (κ2) is 13.0. The minimum Gasteiger partial charge on any atom is -0.483 e. The number of hydrogen-bond donors (Lipinski definition) is 1. The van der Waals surface area contributed by atoms with Crippen molar-refractivity contribution in [3.8, 4) is 5.75 Å². The van der Waals surface area contributed by atoms with Crippen LogP contribution in [0.3, 0.4) is 0 Å². The van der Waals surface area contributed by atoms with Crippen LogP contribution in [-0.2, 0) is 16.1 Å². The van der Waals surface area contributed by atoms with Crippen LogP contribution in [0, 0.1) is 0 Å². The summed E-state index contributed by atoms with van der Waals surface area (Å²) < 4.78 is 7.55. The predicted octanol–water partition coefficient (Wildman–Crippen LogP) is 6.05. The molecule has 0 aliphatic carbocycles. The number of halogens is 2. The Balaban J connectivity index is 2.14. The van der Waals surface area contributed by atoms with E-state index in [1.54, 1.807) is 11.8 Å². The van der Waals surface area contributed by atoms with Gasteiger partial charge in [-0.3, -0.25) is 9.59 Å². The molecule has 0 bridgehead atoms. The summed E-state index contributed by atoms with van der Waals surface area (Å²) in [6.07, 6.45) is 1.90. The lowest BCUT2D eigenvalue weighted by Gasteiger charge is -2.29. The molecule has 2 aromatic rings. The van der Waals surface area contributed by atoms with Gasteiger partial charge in [0.25, 0.3) is 5.91 Å². The number of carbonyl (C=O) groups excluding carboxylic acids is 2. The largest absolute Gasteiger partial charge is 0.483 e. The van der Waals surface area contributed by atoms with Crippen LogP contribution in [0.25, 0.3) is 0 Å². The third-order valence-electron chi connectivity index (χ3n) is 5.21. The number of ether oxygens (including phenoxy) is 1. The fourth-order valence-electron chi connectivity index (χ4n) is 3.17. The van der Waals surface area contributed by atoms with E-state index in [9.17, 15) is 9.59 Å². The molecule has 2 amide bonds. The number of carbonyl (C=O) groups is 2. The van der Waals surface area contributed by atoms with E-state index >= 15 is 0 Å². The highest BCUT2D eigenvalue weighted by Gasteiger charge is 2.26. The van der Waals surface area contributed by atoms with Crippen molar-refractivity contribution in [2.75, 3.05) is 13.2 Å². The zero-order valence-electron chi connectivity index (χ0n) is 19.2. The molecule has 0 heterocycles. The molecule has 1 atom stereocenters. The van der Waals surface area contributed by atoms with Crippen LogP contribution in [0.15, 0.2) is 51.4 Å². The lowest BCUT2D eigenvalue weighted by Crippen LogP contribution is -2.49. The van der Waals surface area contributed by atoms with Crippen molar-refractivity contribution in [1.29, 1.82) is 0 Å². The summed E-state index contributed by atoms with van der Waals surface area (Å²) in [6.45, 7) is 8.84. The predicted molar refractivity (Wildman–Crippen MR) is 136 cm³/mol. The first-order valence-corrected chi connectivity index (χ1v) is 12.5. The summed E-state index contributed by atoms with van der Waals surface area (Å²) in [7, 11) is 0. The van der Waals surface area contributed by atoms with Crippen LogP contribution in [0.2, 0.25) is 0 Å². The number of nitrogens with one attached hydrogen (secondary N) is 1. The Kier molecular flexibility index (Phi) is 10.7. The Morgan fingerprint density at radius 2 is 1.84 bits per heavy atom. The third kappa shape index (κ3) is 7.93. The molecule has 32 heavy (non-hydrogen) atoms. The molecule has 174 valence electrons. The molecule has 0 saturated heterocycles. The summed E-state index contributed by atoms with van der Waals surface area (Å²) in [6, 6.07) is 13.0. The van der Waals surface area contributed by atoms with Crippen LogP contribution in [0.1, 0.15) is 57.6 Å². The van der Waals surface area contributed by atoms with Crippen LogP contribution in [0.5, 0.6) is 5.75 Å². The van der Waals surface area contributed by atoms with E-state index in [2.05, 4.69) is 57.9 Å². The molecule has 2 rings (SSSR count). The van der Waals surface area contributed by atoms with Crippen molar-refractivity contribution in [3.05, 3.63) is 62.5 Å². The molecule has 0 aliphatic rings. The molecular weight excluding hydrogens is 536 g/mol. The lowest BCUT2D eigenvalue weighted by molar-refractivity contribution is -0.142. The van der Waals surface area contributed by atoms with Gasteiger partial charge in [0, 0.05) is 17.6 Å². The molecule has 0 unspecified atom stereocenters. The second-order valence-electron chi connectivity index (χ2n) is 8.11. The zero-order chi connectivity index (χ0) is 23.7. The Bertz CT molecular complexity index is 918. The van der Waals surface area contributed by atoms with E-state index in [1.165, 1.54) is 5.56 Å². The molecule has 7 heteroatoms. The van der Waals surface area contributed by atoms with Crippen molar-refractivity contribution < 1.29 is 14.3 Å². The van der Waals surface area contributed by atoms with Gasteiger partial charge in [-0.1, -0.05) is 61.3 Å². The van der Waals surface area contributed by atoms with Crippen LogP contribution < -0.4 is 10.1 Å². The van der Waals surface area contributed by atoms with Crippen molar-refractivity contribution in [1.82, 2.24) is 10.2 Å². The van der Waals surface area contributed by atoms with Gasteiger partial charge in [0.05, 0.1) is 4.47 Å². The summed E-state index contributed by atoms with van der Waals surface area (Å²) in [4.78, 5) is 27.4. The molecule has 2 aromatic carbocycles. The number of amides is 2. The Morgan fingerprint density at radius 3 is 2.47 bits per heavy atom. The van der Waals surface area contributed by atoms with Gasteiger partial charge in [0.15, 0.2) is 6.61 Å². The minimum atomic E-state index is -0.617. The molecule has 5 nitrogen and oxygen atoms in total. The van der Waals surface area contributed by atoms with Gasteiger partial charge in [0.2, 0.25) is 5.91 Å². The molecule has 0 saturated carbocycles. The van der Waals surface area contributed by atoms with E-state index in [0.717, 1.165) is 27.4 Å². The minimum absolute atomic E-state index is 0.153. The van der Waals surface area contributed by atoms with E-state index in [1.807, 2.05) is 42.5 Å². The first-order chi connectivity index (χ1) is 15.2. The monoisotopic (exact) mass is 566 g/mol. The average Bonchev–Trinajstić information content (AvgIpc) is 2.76. The van der Waals surface area contributed by atoms with Crippen molar-refractivity contribution in [3.63, 3.8) is 0 Å². The van der Waals surface area contributed by atoms with Gasteiger partial charge in [-0.25, -0.2) is 0 Å². The summed E-state index contributed by atoms with van der Waals surface area (Å²) in [5, 5.41) is 2.93. The van der Waals surface area contributed by atoms with Crippen LogP contribution in [-0.4, -0.2) is 35.9 Å². The van der Waals surface area contributed by atoms with Crippen molar-refractivity contribution >= 4 is 43.7 Å². The molecule has 0 spiro atoms. The van der Waals surface area contributed by atoms with Gasteiger partial charge >= 0.3 is 0 Å². The zero-order valence-corrected chi connectivity index (χ0v) is 22.3. The number of unbranched alkanes of at least 4 members (excludes halogenated alkanes) is 1. The van der Waals surface area contributed by atoms with Crippen molar-refractivity contribution in [2.24, 2.45) is 0 Å². The summed E-state index contributed by atoms with van der Waals surface area (Å²) in [5.74, 6) is 0.590. The molecule has 0 fully saturated rings. The maximum atomic E-state index is 13.2. The normalized spacial score (nSPS) is 11.8. The fourth-order valence-corrected chi connectivity index (χ4v) is 4.12. The molecule has 0 radical (unpaired) electrons. The second-order valence-corrected chi connectivity index (χ2v) is 9.88. The SMILES string of the molecule is CCCCNC(=O)[C@@H](C)N(Cc1cccc(Br)c1)C(=O)COc1ccc(C(C)C)cc1Br. The Labute approximate surface area is 208 Å². The van der Waals surface area contributed by atoms with Crippen molar-refractivity contribution in [2.45, 2.75) is 59.0 Å². The average molecular weight is 568 g/mol. The quantitative estimate of drug-likeness (QED) is 0.336. The number of benzene rings is 2. The molecule has 0 aliphatic heterocycles.